The van der Waals surface area contributed by atoms with Gasteiger partial charge in [-0.1, -0.05) is 5.92 Å². The molecule has 0 aromatic rings. The van der Waals surface area contributed by atoms with Gasteiger partial charge in [0.15, 0.2) is 18.5 Å². The Kier molecular flexibility index (Phi) is 0.844. The van der Waals surface area contributed by atoms with E-state index in [-0.39, 0.29) is 12.2 Å². The zero-order chi connectivity index (χ0) is 5.28. The Morgan fingerprint density at radius 2 is 2.57 bits per heavy atom. The second-order valence-electron chi connectivity index (χ2n) is 1.32. The fourth-order valence-corrected chi connectivity index (χ4v) is 0.361. The van der Waals surface area contributed by atoms with E-state index >= 15 is 0 Å². The maximum atomic E-state index is 9.72. The van der Waals surface area contributed by atoms with Crippen LogP contribution in [0.1, 0.15) is 0 Å². The zero-order valence-electron chi connectivity index (χ0n) is 3.63. The number of carbonyl (C=O) groups excluding carboxylic acids is 1. The Labute approximate surface area is 41.5 Å². The number of carbonyl (C=O) groups is 1. The molecule has 0 aliphatic carbocycles. The average molecular weight is 96.1 g/mol. The number of ether oxygens (including phenoxy) is 1. The lowest BCUT2D eigenvalue weighted by atomic mass is 10.4. The highest BCUT2D eigenvalue weighted by atomic mass is 16.6. The highest BCUT2D eigenvalue weighted by Crippen LogP contribution is 2.17. The molecule has 0 radical (unpaired) electrons. The summed E-state index contributed by atoms with van der Waals surface area (Å²) in [6.07, 6.45) is 5.05. The van der Waals surface area contributed by atoms with Crippen molar-refractivity contribution in [1.29, 1.82) is 0 Å². The second kappa shape index (κ2) is 1.36. The lowest BCUT2D eigenvalue weighted by Gasteiger charge is -1.60. The van der Waals surface area contributed by atoms with Gasteiger partial charge in [-0.25, -0.2) is 0 Å². The smallest absolute Gasteiger partial charge is 0.152 e. The summed E-state index contributed by atoms with van der Waals surface area (Å²) >= 11 is 0. The van der Waals surface area contributed by atoms with Crippen molar-refractivity contribution in [3.63, 3.8) is 0 Å². The number of terminal acetylenes is 1. The van der Waals surface area contributed by atoms with Gasteiger partial charge in [-0.3, -0.25) is 0 Å². The van der Waals surface area contributed by atoms with Crippen LogP contribution in [0.25, 0.3) is 0 Å². The van der Waals surface area contributed by atoms with Gasteiger partial charge in [0.05, 0.1) is 0 Å². The minimum absolute atomic E-state index is 0.225. The molecule has 1 rings (SSSR count). The first-order chi connectivity index (χ1) is 3.38. The molecule has 36 valence electrons. The summed E-state index contributed by atoms with van der Waals surface area (Å²) < 4.78 is 4.61. The molecule has 1 fully saturated rings. The molecule has 0 N–H and O–H groups in total. The first-order valence-corrected chi connectivity index (χ1v) is 1.95. The van der Waals surface area contributed by atoms with Crippen LogP contribution >= 0.6 is 0 Å². The van der Waals surface area contributed by atoms with Gasteiger partial charge in [0, 0.05) is 0 Å². The Morgan fingerprint density at radius 1 is 1.86 bits per heavy atom. The van der Waals surface area contributed by atoms with Crippen LogP contribution in [0.2, 0.25) is 0 Å². The summed E-state index contributed by atoms with van der Waals surface area (Å²) in [7, 11) is 0. The molecule has 0 aromatic heterocycles. The van der Waals surface area contributed by atoms with Crippen molar-refractivity contribution < 1.29 is 9.53 Å². The summed E-state index contributed by atoms with van der Waals surface area (Å²) in [4.78, 5) is 9.72. The van der Waals surface area contributed by atoms with Crippen molar-refractivity contribution in [3.05, 3.63) is 0 Å². The van der Waals surface area contributed by atoms with Gasteiger partial charge in [-0.15, -0.1) is 6.42 Å². The van der Waals surface area contributed by atoms with Crippen LogP contribution in [0, 0.1) is 12.3 Å². The summed E-state index contributed by atoms with van der Waals surface area (Å²) in [5, 5.41) is 0. The molecule has 0 bridgehead atoms. The van der Waals surface area contributed by atoms with Gasteiger partial charge in [0.2, 0.25) is 0 Å². The van der Waals surface area contributed by atoms with Crippen molar-refractivity contribution in [2.24, 2.45) is 0 Å². The zero-order valence-corrected chi connectivity index (χ0v) is 3.63. The minimum Gasteiger partial charge on any atom is -0.348 e. The molecule has 1 heterocycles. The largest absolute Gasteiger partial charge is 0.348 e. The van der Waals surface area contributed by atoms with E-state index in [0.717, 1.165) is 0 Å². The number of hydrogen-bond acceptors (Lipinski definition) is 2. The standard InChI is InChI=1S/C5H4O2/c1-2-4-5(3-6)7-4/h1,3-5H. The number of aldehydes is 1. The van der Waals surface area contributed by atoms with E-state index in [1.165, 1.54) is 0 Å². The van der Waals surface area contributed by atoms with Gasteiger partial charge in [-0.05, 0) is 0 Å². The normalized spacial score (nSPS) is 36.4. The number of epoxide rings is 1. The molecule has 2 unspecified atom stereocenters. The molecule has 7 heavy (non-hydrogen) atoms. The first kappa shape index (κ1) is 4.35. The van der Waals surface area contributed by atoms with Gasteiger partial charge >= 0.3 is 0 Å². The van der Waals surface area contributed by atoms with E-state index in [9.17, 15) is 4.79 Å². The van der Waals surface area contributed by atoms with Crippen molar-refractivity contribution >= 4 is 6.29 Å². The van der Waals surface area contributed by atoms with Gasteiger partial charge in [-0.2, -0.15) is 0 Å². The van der Waals surface area contributed by atoms with E-state index in [0.29, 0.717) is 6.29 Å². The molecule has 1 aliphatic rings. The van der Waals surface area contributed by atoms with E-state index in [1.54, 1.807) is 0 Å². The summed E-state index contributed by atoms with van der Waals surface area (Å²) in [5.74, 6) is 2.29. The van der Waals surface area contributed by atoms with Gasteiger partial charge < -0.3 is 9.53 Å². The van der Waals surface area contributed by atoms with Crippen LogP contribution in [0.5, 0.6) is 0 Å². The van der Waals surface area contributed by atoms with Crippen LogP contribution in [0.3, 0.4) is 0 Å². The third-order valence-electron chi connectivity index (χ3n) is 0.824. The number of hydrogen-bond donors (Lipinski definition) is 0. The molecular weight excluding hydrogens is 92.1 g/mol. The SMILES string of the molecule is C#CC1OC1C=O. The molecule has 2 heteroatoms. The van der Waals surface area contributed by atoms with Gasteiger partial charge in [0.1, 0.15) is 0 Å². The maximum absolute atomic E-state index is 9.72. The van der Waals surface area contributed by atoms with Crippen LogP contribution < -0.4 is 0 Å². The van der Waals surface area contributed by atoms with Crippen LogP contribution in [0.4, 0.5) is 0 Å². The molecule has 0 saturated carbocycles. The molecule has 2 nitrogen and oxygen atoms in total. The van der Waals surface area contributed by atoms with Crippen molar-refractivity contribution in [3.8, 4) is 12.3 Å². The number of rotatable bonds is 1. The fraction of sp³-hybridized carbons (Fsp3) is 0.400. The molecule has 0 spiro atoms. The highest BCUT2D eigenvalue weighted by Gasteiger charge is 2.36. The Morgan fingerprint density at radius 3 is 2.71 bits per heavy atom. The summed E-state index contributed by atoms with van der Waals surface area (Å²) in [6.45, 7) is 0. The lowest BCUT2D eigenvalue weighted by molar-refractivity contribution is -0.108. The van der Waals surface area contributed by atoms with E-state index in [4.69, 9.17) is 6.42 Å². The summed E-state index contributed by atoms with van der Waals surface area (Å²) in [5.41, 5.74) is 0. The predicted octanol–water partition coefficient (Wildman–Crippen LogP) is -0.414. The topological polar surface area (TPSA) is 29.6 Å². The first-order valence-electron chi connectivity index (χ1n) is 1.95. The third kappa shape index (κ3) is 0.625. The second-order valence-corrected chi connectivity index (χ2v) is 1.32. The molecule has 1 saturated heterocycles. The van der Waals surface area contributed by atoms with Crippen molar-refractivity contribution in [2.45, 2.75) is 12.2 Å². The average Bonchev–Trinajstić information content (AvgIpc) is 2.43. The third-order valence-corrected chi connectivity index (χ3v) is 0.824. The Bertz CT molecular complexity index is 123. The summed E-state index contributed by atoms with van der Waals surface area (Å²) in [6, 6.07) is 0. The van der Waals surface area contributed by atoms with E-state index in [2.05, 4.69) is 10.7 Å². The van der Waals surface area contributed by atoms with Crippen LogP contribution in [-0.4, -0.2) is 18.5 Å². The Hall–Kier alpha value is -0.810. The monoisotopic (exact) mass is 96.0 g/mol. The molecule has 0 amide bonds. The lowest BCUT2D eigenvalue weighted by Crippen LogP contribution is -1.88. The van der Waals surface area contributed by atoms with Crippen molar-refractivity contribution in [1.82, 2.24) is 0 Å². The molecule has 2 atom stereocenters. The quantitative estimate of drug-likeness (QED) is 0.252. The molecule has 0 aromatic carbocycles. The van der Waals surface area contributed by atoms with Gasteiger partial charge in [0.25, 0.3) is 0 Å². The minimum atomic E-state index is -0.301. The maximum Gasteiger partial charge on any atom is 0.152 e. The molecule has 1 aliphatic heterocycles. The molecular formula is C5H4O2. The highest BCUT2D eigenvalue weighted by molar-refractivity contribution is 5.62. The van der Waals surface area contributed by atoms with E-state index < -0.39 is 0 Å². The predicted molar refractivity (Wildman–Crippen MR) is 23.6 cm³/mol. The van der Waals surface area contributed by atoms with Crippen LogP contribution in [-0.2, 0) is 9.53 Å². The van der Waals surface area contributed by atoms with E-state index in [1.807, 2.05) is 0 Å². The van der Waals surface area contributed by atoms with Crippen LogP contribution in [0.15, 0.2) is 0 Å². The van der Waals surface area contributed by atoms with Crippen molar-refractivity contribution in [2.75, 3.05) is 0 Å². The fourth-order valence-electron chi connectivity index (χ4n) is 0.361. The Balaban J connectivity index is 2.34.